The summed E-state index contributed by atoms with van der Waals surface area (Å²) in [7, 11) is 0. The lowest BCUT2D eigenvalue weighted by Crippen LogP contribution is -2.18. The minimum Gasteiger partial charge on any atom is -0.368 e. The number of primary amides is 1. The Labute approximate surface area is 123 Å². The standard InChI is InChI=1S/C11H9Cl2N5O2/c12-8-1-6(2-15-10(8)13)11(20)17-7-3-16-18(4-7)5-9(14)19/h1-4H,5H2,(H2,14,19)(H,17,20). The first-order valence-corrected chi connectivity index (χ1v) is 6.14. The van der Waals surface area contributed by atoms with Crippen LogP contribution in [0.2, 0.25) is 10.2 Å². The quantitative estimate of drug-likeness (QED) is 0.831. The van der Waals surface area contributed by atoms with Crippen LogP contribution < -0.4 is 11.1 Å². The molecule has 2 amide bonds. The van der Waals surface area contributed by atoms with Crippen LogP contribution in [0.15, 0.2) is 24.7 Å². The zero-order valence-electron chi connectivity index (χ0n) is 10.0. The van der Waals surface area contributed by atoms with E-state index in [9.17, 15) is 9.59 Å². The van der Waals surface area contributed by atoms with E-state index in [0.717, 1.165) is 0 Å². The topological polar surface area (TPSA) is 103 Å². The van der Waals surface area contributed by atoms with Crippen molar-refractivity contribution in [2.24, 2.45) is 5.73 Å². The predicted octanol–water partition coefficient (Wildman–Crippen LogP) is 1.32. The van der Waals surface area contributed by atoms with Crippen LogP contribution in [0, 0.1) is 0 Å². The maximum absolute atomic E-state index is 11.9. The molecule has 0 bridgehead atoms. The van der Waals surface area contributed by atoms with Gasteiger partial charge >= 0.3 is 0 Å². The highest BCUT2D eigenvalue weighted by molar-refractivity contribution is 6.41. The summed E-state index contributed by atoms with van der Waals surface area (Å²) in [4.78, 5) is 26.4. The molecule has 2 heterocycles. The number of pyridine rings is 1. The lowest BCUT2D eigenvalue weighted by atomic mass is 10.2. The number of nitrogens with zero attached hydrogens (tertiary/aromatic N) is 3. The maximum atomic E-state index is 11.9. The Morgan fingerprint density at radius 1 is 1.35 bits per heavy atom. The third-order valence-electron chi connectivity index (χ3n) is 2.27. The van der Waals surface area contributed by atoms with Gasteiger partial charge in [0.1, 0.15) is 11.7 Å². The van der Waals surface area contributed by atoms with Gasteiger partial charge in [0.15, 0.2) is 0 Å². The van der Waals surface area contributed by atoms with Gasteiger partial charge in [0, 0.05) is 12.4 Å². The van der Waals surface area contributed by atoms with E-state index in [1.165, 1.54) is 29.3 Å². The normalized spacial score (nSPS) is 10.3. The third kappa shape index (κ3) is 3.46. The number of amides is 2. The predicted molar refractivity (Wildman–Crippen MR) is 73.6 cm³/mol. The van der Waals surface area contributed by atoms with Gasteiger partial charge in [-0.2, -0.15) is 5.10 Å². The lowest BCUT2D eigenvalue weighted by molar-refractivity contribution is -0.118. The van der Waals surface area contributed by atoms with Crippen molar-refractivity contribution in [1.29, 1.82) is 0 Å². The number of rotatable bonds is 4. The number of carbonyl (C=O) groups excluding carboxylic acids is 2. The molecule has 0 unspecified atom stereocenters. The van der Waals surface area contributed by atoms with E-state index in [0.29, 0.717) is 5.69 Å². The molecule has 0 fully saturated rings. The Hall–Kier alpha value is -2.12. The molecular formula is C11H9Cl2N5O2. The number of carbonyl (C=O) groups is 2. The summed E-state index contributed by atoms with van der Waals surface area (Å²) in [5, 5.41) is 6.76. The average molecular weight is 314 g/mol. The van der Waals surface area contributed by atoms with Crippen LogP contribution in [0.25, 0.3) is 0 Å². The summed E-state index contributed by atoms with van der Waals surface area (Å²) in [6, 6.07) is 1.40. The van der Waals surface area contributed by atoms with Crippen LogP contribution in [0.3, 0.4) is 0 Å². The summed E-state index contributed by atoms with van der Waals surface area (Å²) >= 11 is 11.4. The Bertz CT molecular complexity index is 671. The van der Waals surface area contributed by atoms with Gasteiger partial charge in [0.25, 0.3) is 5.91 Å². The van der Waals surface area contributed by atoms with Crippen molar-refractivity contribution in [2.75, 3.05) is 5.32 Å². The Balaban J connectivity index is 2.09. The van der Waals surface area contributed by atoms with E-state index >= 15 is 0 Å². The maximum Gasteiger partial charge on any atom is 0.257 e. The molecule has 0 aliphatic rings. The zero-order valence-corrected chi connectivity index (χ0v) is 11.5. The number of hydrogen-bond donors (Lipinski definition) is 2. The molecular weight excluding hydrogens is 305 g/mol. The number of halogens is 2. The summed E-state index contributed by atoms with van der Waals surface area (Å²) in [5.41, 5.74) is 5.71. The molecule has 0 aliphatic carbocycles. The molecule has 0 saturated carbocycles. The van der Waals surface area contributed by atoms with Crippen LogP contribution in [0.5, 0.6) is 0 Å². The van der Waals surface area contributed by atoms with Gasteiger partial charge in [-0.05, 0) is 6.07 Å². The highest BCUT2D eigenvalue weighted by atomic mass is 35.5. The van der Waals surface area contributed by atoms with E-state index in [-0.39, 0.29) is 22.3 Å². The number of hydrogen-bond acceptors (Lipinski definition) is 4. The second kappa shape index (κ2) is 5.89. The van der Waals surface area contributed by atoms with Crippen molar-refractivity contribution in [1.82, 2.24) is 14.8 Å². The van der Waals surface area contributed by atoms with Gasteiger partial charge in [0.05, 0.1) is 22.5 Å². The van der Waals surface area contributed by atoms with Crippen molar-refractivity contribution < 1.29 is 9.59 Å². The molecule has 0 saturated heterocycles. The minimum atomic E-state index is -0.528. The van der Waals surface area contributed by atoms with Crippen molar-refractivity contribution in [3.63, 3.8) is 0 Å². The van der Waals surface area contributed by atoms with Crippen LogP contribution in [-0.4, -0.2) is 26.6 Å². The molecule has 0 aliphatic heterocycles. The fourth-order valence-electron chi connectivity index (χ4n) is 1.42. The van der Waals surface area contributed by atoms with E-state index in [1.807, 2.05) is 0 Å². The molecule has 20 heavy (non-hydrogen) atoms. The second-order valence-electron chi connectivity index (χ2n) is 3.84. The monoisotopic (exact) mass is 313 g/mol. The smallest absolute Gasteiger partial charge is 0.257 e. The summed E-state index contributed by atoms with van der Waals surface area (Å²) < 4.78 is 1.31. The summed E-state index contributed by atoms with van der Waals surface area (Å²) in [5.74, 6) is -0.950. The van der Waals surface area contributed by atoms with Gasteiger partial charge < -0.3 is 11.1 Å². The van der Waals surface area contributed by atoms with Gasteiger partial charge in [-0.15, -0.1) is 0 Å². The molecule has 2 aromatic rings. The van der Waals surface area contributed by atoms with Crippen molar-refractivity contribution in [2.45, 2.75) is 6.54 Å². The van der Waals surface area contributed by atoms with Gasteiger partial charge in [-0.3, -0.25) is 14.3 Å². The fourth-order valence-corrected chi connectivity index (χ4v) is 1.69. The molecule has 0 aromatic carbocycles. The Morgan fingerprint density at radius 2 is 2.10 bits per heavy atom. The lowest BCUT2D eigenvalue weighted by Gasteiger charge is -2.03. The number of nitrogens with one attached hydrogen (secondary N) is 1. The van der Waals surface area contributed by atoms with E-state index in [2.05, 4.69) is 15.4 Å². The molecule has 7 nitrogen and oxygen atoms in total. The summed E-state index contributed by atoms with van der Waals surface area (Å²) in [6.45, 7) is -0.0653. The Morgan fingerprint density at radius 3 is 2.75 bits per heavy atom. The molecule has 0 radical (unpaired) electrons. The molecule has 2 aromatic heterocycles. The van der Waals surface area contributed by atoms with Gasteiger partial charge in [-0.1, -0.05) is 23.2 Å². The van der Waals surface area contributed by atoms with Crippen molar-refractivity contribution in [3.05, 3.63) is 40.4 Å². The van der Waals surface area contributed by atoms with E-state index in [4.69, 9.17) is 28.9 Å². The summed E-state index contributed by atoms with van der Waals surface area (Å²) in [6.07, 6.45) is 4.18. The molecule has 9 heteroatoms. The molecule has 0 atom stereocenters. The van der Waals surface area contributed by atoms with Crippen LogP contribution in [0.4, 0.5) is 5.69 Å². The van der Waals surface area contributed by atoms with Crippen molar-refractivity contribution in [3.8, 4) is 0 Å². The average Bonchev–Trinajstić information content (AvgIpc) is 2.79. The van der Waals surface area contributed by atoms with Gasteiger partial charge in [0.2, 0.25) is 5.91 Å². The van der Waals surface area contributed by atoms with Crippen LogP contribution in [-0.2, 0) is 11.3 Å². The van der Waals surface area contributed by atoms with E-state index < -0.39 is 11.8 Å². The molecule has 0 spiro atoms. The zero-order chi connectivity index (χ0) is 14.7. The second-order valence-corrected chi connectivity index (χ2v) is 4.61. The minimum absolute atomic E-state index is 0.0653. The van der Waals surface area contributed by atoms with E-state index in [1.54, 1.807) is 0 Å². The van der Waals surface area contributed by atoms with Crippen LogP contribution in [0.1, 0.15) is 10.4 Å². The third-order valence-corrected chi connectivity index (χ3v) is 2.95. The SMILES string of the molecule is NC(=O)Cn1cc(NC(=O)c2cnc(Cl)c(Cl)c2)cn1. The first-order chi connectivity index (χ1) is 9.45. The number of nitrogens with two attached hydrogens (primary N) is 1. The molecule has 2 rings (SSSR count). The first-order valence-electron chi connectivity index (χ1n) is 5.39. The number of aromatic nitrogens is 3. The largest absolute Gasteiger partial charge is 0.368 e. The fraction of sp³-hybridized carbons (Fsp3) is 0.0909. The number of anilines is 1. The first kappa shape index (κ1) is 14.3. The highest BCUT2D eigenvalue weighted by Crippen LogP contribution is 2.20. The Kier molecular flexibility index (Phi) is 4.21. The molecule has 3 N–H and O–H groups in total. The van der Waals surface area contributed by atoms with Crippen LogP contribution >= 0.6 is 23.2 Å². The molecule has 104 valence electrons. The van der Waals surface area contributed by atoms with Crippen molar-refractivity contribution >= 4 is 40.7 Å². The van der Waals surface area contributed by atoms with Gasteiger partial charge in [-0.25, -0.2) is 4.98 Å². The highest BCUT2D eigenvalue weighted by Gasteiger charge is 2.10.